The largest absolute Gasteiger partial charge is 0.496 e. The van der Waals surface area contributed by atoms with Crippen LogP contribution in [0, 0.1) is 5.92 Å². The number of ether oxygens (including phenoxy) is 1. The minimum absolute atomic E-state index is 0.304. The fraction of sp³-hybridized carbons (Fsp3) is 0.417. The first-order valence-electron chi connectivity index (χ1n) is 5.17. The fourth-order valence-electron chi connectivity index (χ4n) is 1.22. The summed E-state index contributed by atoms with van der Waals surface area (Å²) >= 11 is 5.05. The van der Waals surface area contributed by atoms with Crippen LogP contribution in [0.5, 0.6) is 5.75 Å². The highest BCUT2D eigenvalue weighted by Gasteiger charge is 2.10. The molecule has 0 fully saturated rings. The van der Waals surface area contributed by atoms with Gasteiger partial charge in [-0.05, 0) is 33.6 Å². The zero-order valence-electron chi connectivity index (χ0n) is 9.77. The normalized spacial score (nSPS) is 12.2. The molecule has 0 saturated heterocycles. The number of halogens is 1. The molecule has 94 valence electrons. The molecular formula is C12H15BrO3S. The Labute approximate surface area is 114 Å². The molecule has 1 N–H and O–H groups in total. The van der Waals surface area contributed by atoms with Gasteiger partial charge in [0.15, 0.2) is 0 Å². The van der Waals surface area contributed by atoms with Crippen LogP contribution in [0.25, 0.3) is 0 Å². The number of aliphatic carboxylic acids is 1. The molecule has 1 unspecified atom stereocenters. The zero-order valence-corrected chi connectivity index (χ0v) is 12.2. The van der Waals surface area contributed by atoms with Gasteiger partial charge in [0.2, 0.25) is 0 Å². The van der Waals surface area contributed by atoms with Crippen LogP contribution in [0.4, 0.5) is 0 Å². The van der Waals surface area contributed by atoms with E-state index < -0.39 is 5.97 Å². The molecule has 0 bridgehead atoms. The van der Waals surface area contributed by atoms with E-state index in [2.05, 4.69) is 15.9 Å². The van der Waals surface area contributed by atoms with Crippen molar-refractivity contribution in [3.05, 3.63) is 28.2 Å². The molecule has 0 radical (unpaired) electrons. The monoisotopic (exact) mass is 318 g/mol. The molecule has 0 aromatic heterocycles. The van der Waals surface area contributed by atoms with Gasteiger partial charge in [-0.3, -0.25) is 4.79 Å². The molecule has 1 rings (SSSR count). The molecule has 1 aromatic carbocycles. The van der Waals surface area contributed by atoms with Crippen LogP contribution >= 0.6 is 27.7 Å². The van der Waals surface area contributed by atoms with Gasteiger partial charge in [0.05, 0.1) is 17.5 Å². The van der Waals surface area contributed by atoms with Crippen molar-refractivity contribution in [1.82, 2.24) is 0 Å². The first kappa shape index (κ1) is 14.4. The topological polar surface area (TPSA) is 46.5 Å². The Morgan fingerprint density at radius 1 is 1.59 bits per heavy atom. The second kappa shape index (κ2) is 6.91. The van der Waals surface area contributed by atoms with Crippen molar-refractivity contribution in [1.29, 1.82) is 0 Å². The van der Waals surface area contributed by atoms with E-state index in [0.717, 1.165) is 21.5 Å². The molecule has 0 aliphatic rings. The quantitative estimate of drug-likeness (QED) is 0.873. The van der Waals surface area contributed by atoms with E-state index in [-0.39, 0.29) is 5.92 Å². The first-order valence-corrected chi connectivity index (χ1v) is 7.12. The Kier molecular flexibility index (Phi) is 5.85. The molecule has 0 spiro atoms. The summed E-state index contributed by atoms with van der Waals surface area (Å²) in [5, 5.41) is 8.75. The average Bonchev–Trinajstić information content (AvgIpc) is 2.29. The Morgan fingerprint density at radius 2 is 2.29 bits per heavy atom. The Bertz CT molecular complexity index is 395. The van der Waals surface area contributed by atoms with E-state index in [1.807, 2.05) is 18.2 Å². The SMILES string of the molecule is COc1ccc(CSCC(C)C(=O)O)cc1Br. The van der Waals surface area contributed by atoms with E-state index in [0.29, 0.717) is 5.75 Å². The minimum Gasteiger partial charge on any atom is -0.496 e. The van der Waals surface area contributed by atoms with Crippen molar-refractivity contribution < 1.29 is 14.6 Å². The Balaban J connectivity index is 2.47. The fourth-order valence-corrected chi connectivity index (χ4v) is 2.84. The lowest BCUT2D eigenvalue weighted by molar-refractivity contribution is -0.140. The van der Waals surface area contributed by atoms with Crippen molar-refractivity contribution in [2.75, 3.05) is 12.9 Å². The summed E-state index contributed by atoms with van der Waals surface area (Å²) in [6, 6.07) is 5.89. The molecule has 5 heteroatoms. The van der Waals surface area contributed by atoms with E-state index in [4.69, 9.17) is 9.84 Å². The predicted octanol–water partition coefficient (Wildman–Crippen LogP) is 3.41. The van der Waals surface area contributed by atoms with Gasteiger partial charge in [-0.2, -0.15) is 11.8 Å². The number of carboxylic acids is 1. The third kappa shape index (κ3) is 4.60. The highest BCUT2D eigenvalue weighted by atomic mass is 79.9. The number of rotatable bonds is 6. The van der Waals surface area contributed by atoms with Crippen LogP contribution < -0.4 is 4.74 Å². The molecule has 0 heterocycles. The van der Waals surface area contributed by atoms with Gasteiger partial charge < -0.3 is 9.84 Å². The van der Waals surface area contributed by atoms with Gasteiger partial charge >= 0.3 is 5.97 Å². The third-order valence-corrected chi connectivity index (χ3v) is 4.17. The number of hydrogen-bond donors (Lipinski definition) is 1. The zero-order chi connectivity index (χ0) is 12.8. The van der Waals surface area contributed by atoms with E-state index in [9.17, 15) is 4.79 Å². The maximum absolute atomic E-state index is 10.6. The maximum Gasteiger partial charge on any atom is 0.307 e. The van der Waals surface area contributed by atoms with Crippen molar-refractivity contribution in [3.63, 3.8) is 0 Å². The summed E-state index contributed by atoms with van der Waals surface area (Å²) in [4.78, 5) is 10.6. The number of methoxy groups -OCH3 is 1. The van der Waals surface area contributed by atoms with Crippen molar-refractivity contribution in [2.45, 2.75) is 12.7 Å². The summed E-state index contributed by atoms with van der Waals surface area (Å²) in [7, 11) is 1.63. The van der Waals surface area contributed by atoms with Gasteiger partial charge in [0, 0.05) is 11.5 Å². The summed E-state index contributed by atoms with van der Waals surface area (Å²) in [5.74, 6) is 1.19. The third-order valence-electron chi connectivity index (χ3n) is 2.27. The van der Waals surface area contributed by atoms with Gasteiger partial charge in [-0.1, -0.05) is 13.0 Å². The molecule has 0 aliphatic heterocycles. The summed E-state index contributed by atoms with van der Waals surface area (Å²) < 4.78 is 6.06. The molecule has 17 heavy (non-hydrogen) atoms. The lowest BCUT2D eigenvalue weighted by atomic mass is 10.2. The van der Waals surface area contributed by atoms with Crippen LogP contribution in [-0.2, 0) is 10.5 Å². The molecule has 1 aromatic rings. The number of benzene rings is 1. The minimum atomic E-state index is -0.742. The highest BCUT2D eigenvalue weighted by Crippen LogP contribution is 2.27. The van der Waals surface area contributed by atoms with Crippen LogP contribution in [0.2, 0.25) is 0 Å². The summed E-state index contributed by atoms with van der Waals surface area (Å²) in [6.45, 7) is 1.72. The standard InChI is InChI=1S/C12H15BrO3S/c1-8(12(14)15)6-17-7-9-3-4-11(16-2)10(13)5-9/h3-5,8H,6-7H2,1-2H3,(H,14,15). The van der Waals surface area contributed by atoms with E-state index in [1.54, 1.807) is 25.8 Å². The number of carbonyl (C=O) groups is 1. The molecule has 0 amide bonds. The molecule has 1 atom stereocenters. The summed E-state index contributed by atoms with van der Waals surface area (Å²) in [5.41, 5.74) is 1.15. The Hall–Kier alpha value is -0.680. The second-order valence-electron chi connectivity index (χ2n) is 3.72. The van der Waals surface area contributed by atoms with E-state index in [1.165, 1.54) is 0 Å². The molecule has 3 nitrogen and oxygen atoms in total. The van der Waals surface area contributed by atoms with Gasteiger partial charge in [0.25, 0.3) is 0 Å². The highest BCUT2D eigenvalue weighted by molar-refractivity contribution is 9.10. The van der Waals surface area contributed by atoms with Gasteiger partial charge in [-0.15, -0.1) is 0 Å². The number of carboxylic acid groups (broad SMARTS) is 1. The van der Waals surface area contributed by atoms with Gasteiger partial charge in [-0.25, -0.2) is 0 Å². The number of thioether (sulfide) groups is 1. The maximum atomic E-state index is 10.6. The van der Waals surface area contributed by atoms with Gasteiger partial charge in [0.1, 0.15) is 5.75 Å². The lowest BCUT2D eigenvalue weighted by Crippen LogP contribution is -2.11. The van der Waals surface area contributed by atoms with Crippen LogP contribution in [0.1, 0.15) is 12.5 Å². The molecule has 0 saturated carbocycles. The van der Waals surface area contributed by atoms with Crippen molar-refractivity contribution in [2.24, 2.45) is 5.92 Å². The van der Waals surface area contributed by atoms with Crippen LogP contribution in [0.15, 0.2) is 22.7 Å². The number of hydrogen-bond acceptors (Lipinski definition) is 3. The van der Waals surface area contributed by atoms with Crippen molar-refractivity contribution >= 4 is 33.7 Å². The van der Waals surface area contributed by atoms with Crippen molar-refractivity contribution in [3.8, 4) is 5.75 Å². The Morgan fingerprint density at radius 3 is 2.82 bits per heavy atom. The summed E-state index contributed by atoms with van der Waals surface area (Å²) in [6.07, 6.45) is 0. The molecular weight excluding hydrogens is 304 g/mol. The van der Waals surface area contributed by atoms with E-state index >= 15 is 0 Å². The second-order valence-corrected chi connectivity index (χ2v) is 5.61. The lowest BCUT2D eigenvalue weighted by Gasteiger charge is -2.08. The van der Waals surface area contributed by atoms with Crippen LogP contribution in [-0.4, -0.2) is 23.9 Å². The predicted molar refractivity (Wildman–Crippen MR) is 73.7 cm³/mol. The molecule has 0 aliphatic carbocycles. The van der Waals surface area contributed by atoms with Crippen LogP contribution in [0.3, 0.4) is 0 Å². The smallest absolute Gasteiger partial charge is 0.307 e. The average molecular weight is 319 g/mol. The first-order chi connectivity index (χ1) is 8.04.